The Morgan fingerprint density at radius 2 is 1.59 bits per heavy atom. The van der Waals surface area contributed by atoms with E-state index in [-0.39, 0.29) is 24.8 Å². The van der Waals surface area contributed by atoms with Crippen LogP contribution in [0.15, 0.2) is 107 Å². The predicted octanol–water partition coefficient (Wildman–Crippen LogP) is 7.79. The van der Waals surface area contributed by atoms with Crippen LogP contribution >= 0.6 is 23.1 Å². The molecule has 3 unspecified atom stereocenters. The van der Waals surface area contributed by atoms with E-state index in [4.69, 9.17) is 14.2 Å². The van der Waals surface area contributed by atoms with Crippen molar-refractivity contribution in [2.75, 3.05) is 11.1 Å². The number of ether oxygens (including phenoxy) is 3. The SMILES string of the molecule is Cc1nnc(SCC2CC(c3ccc(CO)cc3)OC(c3ccc(CNC(=O)Nc4ccc(Oc5ccccc5)cc4)cc3)O2)s1. The first-order valence-electron chi connectivity index (χ1n) is 14.9. The van der Waals surface area contributed by atoms with Crippen LogP contribution in [0.4, 0.5) is 10.5 Å². The van der Waals surface area contributed by atoms with Gasteiger partial charge in [0.25, 0.3) is 0 Å². The first-order valence-corrected chi connectivity index (χ1v) is 16.7. The van der Waals surface area contributed by atoms with Crippen LogP contribution in [-0.2, 0) is 22.6 Å². The summed E-state index contributed by atoms with van der Waals surface area (Å²) in [5.74, 6) is 2.16. The van der Waals surface area contributed by atoms with Crippen molar-refractivity contribution in [3.05, 3.63) is 130 Å². The fourth-order valence-corrected chi connectivity index (χ4v) is 6.76. The van der Waals surface area contributed by atoms with Gasteiger partial charge in [0.15, 0.2) is 10.6 Å². The van der Waals surface area contributed by atoms with Crippen molar-refractivity contribution in [3.63, 3.8) is 0 Å². The Kier molecular flexibility index (Phi) is 10.6. The summed E-state index contributed by atoms with van der Waals surface area (Å²) in [5.41, 5.74) is 4.39. The molecule has 11 heteroatoms. The van der Waals surface area contributed by atoms with Crippen LogP contribution in [0.5, 0.6) is 11.5 Å². The van der Waals surface area contributed by atoms with Gasteiger partial charge >= 0.3 is 6.03 Å². The Labute approximate surface area is 276 Å². The van der Waals surface area contributed by atoms with Crippen molar-refractivity contribution < 1.29 is 24.1 Å². The Bertz CT molecular complexity index is 1700. The summed E-state index contributed by atoms with van der Waals surface area (Å²) in [6.45, 7) is 2.30. The number of amides is 2. The molecular weight excluding hydrogens is 621 g/mol. The van der Waals surface area contributed by atoms with Crippen LogP contribution in [0.3, 0.4) is 0 Å². The molecule has 2 heterocycles. The highest BCUT2D eigenvalue weighted by atomic mass is 32.2. The topological polar surface area (TPSA) is 115 Å². The Balaban J connectivity index is 1.04. The monoisotopic (exact) mass is 654 g/mol. The summed E-state index contributed by atoms with van der Waals surface area (Å²) >= 11 is 3.21. The molecule has 9 nitrogen and oxygen atoms in total. The van der Waals surface area contributed by atoms with Gasteiger partial charge < -0.3 is 30.0 Å². The van der Waals surface area contributed by atoms with E-state index in [1.54, 1.807) is 35.2 Å². The Morgan fingerprint density at radius 1 is 0.891 bits per heavy atom. The molecule has 5 aromatic rings. The first-order chi connectivity index (χ1) is 22.5. The molecule has 46 heavy (non-hydrogen) atoms. The van der Waals surface area contributed by atoms with E-state index in [0.29, 0.717) is 24.4 Å². The van der Waals surface area contributed by atoms with Gasteiger partial charge in [-0.1, -0.05) is 89.8 Å². The average Bonchev–Trinajstić information content (AvgIpc) is 3.52. The zero-order valence-electron chi connectivity index (χ0n) is 25.2. The number of carbonyl (C=O) groups is 1. The van der Waals surface area contributed by atoms with Crippen LogP contribution in [0.2, 0.25) is 0 Å². The molecule has 0 bridgehead atoms. The van der Waals surface area contributed by atoms with Crippen molar-refractivity contribution in [1.29, 1.82) is 0 Å². The summed E-state index contributed by atoms with van der Waals surface area (Å²) in [5, 5.41) is 24.5. The molecule has 3 atom stereocenters. The second kappa shape index (κ2) is 15.4. The summed E-state index contributed by atoms with van der Waals surface area (Å²) in [6.07, 6.45) is -0.103. The molecule has 0 spiro atoms. The molecule has 0 saturated carbocycles. The maximum absolute atomic E-state index is 12.6. The highest BCUT2D eigenvalue weighted by Crippen LogP contribution is 2.39. The van der Waals surface area contributed by atoms with Crippen LogP contribution < -0.4 is 15.4 Å². The summed E-state index contributed by atoms with van der Waals surface area (Å²) in [7, 11) is 0. The lowest BCUT2D eigenvalue weighted by Crippen LogP contribution is -2.31. The smallest absolute Gasteiger partial charge is 0.319 e. The van der Waals surface area contributed by atoms with Crippen molar-refractivity contribution >= 4 is 34.8 Å². The number of rotatable bonds is 11. The molecule has 4 aromatic carbocycles. The van der Waals surface area contributed by atoms with Gasteiger partial charge in [0.2, 0.25) is 0 Å². The number of anilines is 1. The number of aliphatic hydroxyl groups excluding tert-OH is 1. The molecule has 1 aromatic heterocycles. The van der Waals surface area contributed by atoms with E-state index in [2.05, 4.69) is 20.8 Å². The molecule has 236 valence electrons. The van der Waals surface area contributed by atoms with Gasteiger partial charge in [-0.05, 0) is 60.0 Å². The minimum absolute atomic E-state index is 0.00134. The third kappa shape index (κ3) is 8.71. The van der Waals surface area contributed by atoms with Gasteiger partial charge in [-0.25, -0.2) is 4.79 Å². The number of urea groups is 1. The molecule has 0 aliphatic carbocycles. The number of hydrogen-bond acceptors (Lipinski definition) is 9. The lowest BCUT2D eigenvalue weighted by atomic mass is 10.0. The molecule has 1 aliphatic rings. The van der Waals surface area contributed by atoms with Gasteiger partial charge in [0, 0.05) is 30.0 Å². The second-order valence-corrected chi connectivity index (χ2v) is 13.2. The normalized spacial score (nSPS) is 17.7. The van der Waals surface area contributed by atoms with E-state index in [1.165, 1.54) is 0 Å². The Hall–Kier alpha value is -4.26. The molecule has 2 amide bonds. The van der Waals surface area contributed by atoms with E-state index in [0.717, 1.165) is 43.1 Å². The van der Waals surface area contributed by atoms with Crippen molar-refractivity contribution in [2.24, 2.45) is 0 Å². The average molecular weight is 655 g/mol. The number of thioether (sulfide) groups is 1. The number of benzene rings is 4. The second-order valence-electron chi connectivity index (χ2n) is 10.7. The molecule has 1 aliphatic heterocycles. The Morgan fingerprint density at radius 3 is 2.28 bits per heavy atom. The van der Waals surface area contributed by atoms with E-state index < -0.39 is 6.29 Å². The number of aromatic nitrogens is 2. The number of para-hydroxylation sites is 1. The standard InChI is InChI=1S/C35H34N4O5S2/c1-23-38-39-35(46-23)45-22-31-19-32(26-11-9-25(21-40)10-12-26)44-33(43-31)27-13-7-24(8-14-27)20-36-34(41)37-28-15-17-30(18-16-28)42-29-5-3-2-4-6-29/h2-18,31-33,40H,19-22H2,1H3,(H2,36,37,41). The third-order valence-corrected chi connectivity index (χ3v) is 9.42. The van der Waals surface area contributed by atoms with Crippen LogP contribution in [-0.4, -0.2) is 33.2 Å². The number of nitrogens with one attached hydrogen (secondary N) is 2. The minimum atomic E-state index is -0.558. The van der Waals surface area contributed by atoms with E-state index >= 15 is 0 Å². The van der Waals surface area contributed by atoms with Gasteiger partial charge in [-0.2, -0.15) is 0 Å². The van der Waals surface area contributed by atoms with Crippen molar-refractivity contribution in [3.8, 4) is 11.5 Å². The van der Waals surface area contributed by atoms with E-state index in [1.807, 2.05) is 97.9 Å². The fourth-order valence-electron chi connectivity index (χ4n) is 4.90. The van der Waals surface area contributed by atoms with Crippen molar-refractivity contribution in [2.45, 2.75) is 49.3 Å². The maximum Gasteiger partial charge on any atom is 0.319 e. The van der Waals surface area contributed by atoms with Gasteiger partial charge in [0.05, 0.1) is 18.8 Å². The highest BCUT2D eigenvalue weighted by Gasteiger charge is 2.32. The minimum Gasteiger partial charge on any atom is -0.457 e. The third-order valence-electron chi connectivity index (χ3n) is 7.31. The number of aryl methyl sites for hydroxylation is 1. The number of carbonyl (C=O) groups excluding carboxylic acids is 1. The molecule has 6 rings (SSSR count). The van der Waals surface area contributed by atoms with Crippen LogP contribution in [0.25, 0.3) is 0 Å². The number of nitrogens with zero attached hydrogens (tertiary/aromatic N) is 2. The van der Waals surface area contributed by atoms with Crippen LogP contribution in [0, 0.1) is 6.92 Å². The molecule has 1 saturated heterocycles. The summed E-state index contributed by atoms with van der Waals surface area (Å²) in [6, 6.07) is 32.2. The highest BCUT2D eigenvalue weighted by molar-refractivity contribution is 8.01. The quantitative estimate of drug-likeness (QED) is 0.124. The number of aliphatic hydroxyl groups is 1. The van der Waals surface area contributed by atoms with Gasteiger partial charge in [-0.15, -0.1) is 10.2 Å². The molecule has 1 fully saturated rings. The van der Waals surface area contributed by atoms with Gasteiger partial charge in [-0.3, -0.25) is 0 Å². The molecule has 3 N–H and O–H groups in total. The van der Waals surface area contributed by atoms with E-state index in [9.17, 15) is 9.90 Å². The molecule has 0 radical (unpaired) electrons. The van der Waals surface area contributed by atoms with Crippen LogP contribution in [0.1, 0.15) is 46.1 Å². The fraction of sp³-hybridized carbons (Fsp3) is 0.229. The zero-order valence-corrected chi connectivity index (χ0v) is 26.8. The molecular formula is C35H34N4O5S2. The van der Waals surface area contributed by atoms with Gasteiger partial charge in [0.1, 0.15) is 16.5 Å². The summed E-state index contributed by atoms with van der Waals surface area (Å²) in [4.78, 5) is 12.6. The largest absolute Gasteiger partial charge is 0.457 e. The lowest BCUT2D eigenvalue weighted by Gasteiger charge is -2.36. The van der Waals surface area contributed by atoms with Crippen molar-refractivity contribution in [1.82, 2.24) is 15.5 Å². The first kappa shape index (κ1) is 31.7. The summed E-state index contributed by atoms with van der Waals surface area (Å²) < 4.78 is 19.6. The predicted molar refractivity (Wildman–Crippen MR) is 179 cm³/mol. The lowest BCUT2D eigenvalue weighted by molar-refractivity contribution is -0.245. The number of hydrogen-bond donors (Lipinski definition) is 3. The zero-order chi connectivity index (χ0) is 31.7. The maximum atomic E-state index is 12.6.